The molecule has 0 bridgehead atoms. The standard InChI is InChI=1S/C15H21NO3/c1-11(9-12-3-2-4-14(17)10-12)16-7-5-13(6-8-16)15(18)19/h2-4,10-11,13,17H,5-9H2,1H3,(H,18,19). The molecule has 4 nitrogen and oxygen atoms in total. The Labute approximate surface area is 113 Å². The minimum Gasteiger partial charge on any atom is -0.508 e. The number of carboxylic acid groups (broad SMARTS) is 1. The van der Waals surface area contributed by atoms with Crippen molar-refractivity contribution in [2.75, 3.05) is 13.1 Å². The van der Waals surface area contributed by atoms with Gasteiger partial charge in [0.25, 0.3) is 0 Å². The van der Waals surface area contributed by atoms with Gasteiger partial charge in [-0.1, -0.05) is 12.1 Å². The average molecular weight is 263 g/mol. The van der Waals surface area contributed by atoms with E-state index < -0.39 is 5.97 Å². The van der Waals surface area contributed by atoms with Gasteiger partial charge in [0.2, 0.25) is 0 Å². The minimum absolute atomic E-state index is 0.177. The first-order chi connectivity index (χ1) is 9.06. The first kappa shape index (κ1) is 13.9. The maximum atomic E-state index is 10.9. The fourth-order valence-electron chi connectivity index (χ4n) is 2.74. The van der Waals surface area contributed by atoms with Gasteiger partial charge in [0.15, 0.2) is 0 Å². The van der Waals surface area contributed by atoms with Crippen molar-refractivity contribution in [2.45, 2.75) is 32.2 Å². The maximum Gasteiger partial charge on any atom is 0.306 e. The van der Waals surface area contributed by atoms with Crippen LogP contribution in [-0.2, 0) is 11.2 Å². The lowest BCUT2D eigenvalue weighted by Gasteiger charge is -2.34. The van der Waals surface area contributed by atoms with Gasteiger partial charge in [-0.15, -0.1) is 0 Å². The summed E-state index contributed by atoms with van der Waals surface area (Å²) in [4.78, 5) is 13.2. The zero-order valence-corrected chi connectivity index (χ0v) is 11.2. The van der Waals surface area contributed by atoms with E-state index in [2.05, 4.69) is 11.8 Å². The van der Waals surface area contributed by atoms with Gasteiger partial charge in [-0.25, -0.2) is 0 Å². The van der Waals surface area contributed by atoms with E-state index in [1.54, 1.807) is 12.1 Å². The fraction of sp³-hybridized carbons (Fsp3) is 0.533. The van der Waals surface area contributed by atoms with Crippen LogP contribution in [0, 0.1) is 5.92 Å². The number of carbonyl (C=O) groups is 1. The van der Waals surface area contributed by atoms with Gasteiger partial charge in [-0.2, -0.15) is 0 Å². The molecule has 1 aliphatic heterocycles. The van der Waals surface area contributed by atoms with E-state index in [0.29, 0.717) is 11.8 Å². The summed E-state index contributed by atoms with van der Waals surface area (Å²) in [6.07, 6.45) is 2.35. The van der Waals surface area contributed by atoms with Gasteiger partial charge in [0, 0.05) is 6.04 Å². The molecule has 2 rings (SSSR count). The third-order valence-electron chi connectivity index (χ3n) is 3.94. The molecule has 0 amide bonds. The van der Waals surface area contributed by atoms with Crippen LogP contribution in [0.15, 0.2) is 24.3 Å². The van der Waals surface area contributed by atoms with E-state index in [4.69, 9.17) is 5.11 Å². The van der Waals surface area contributed by atoms with Gasteiger partial charge in [-0.3, -0.25) is 4.79 Å². The molecule has 0 aromatic heterocycles. The van der Waals surface area contributed by atoms with Crippen LogP contribution < -0.4 is 0 Å². The molecule has 1 unspecified atom stereocenters. The number of phenols is 1. The number of nitrogens with zero attached hydrogens (tertiary/aromatic N) is 1. The summed E-state index contributed by atoms with van der Waals surface area (Å²) in [6, 6.07) is 7.71. The van der Waals surface area contributed by atoms with Crippen molar-refractivity contribution >= 4 is 5.97 Å². The summed E-state index contributed by atoms with van der Waals surface area (Å²) < 4.78 is 0. The molecule has 19 heavy (non-hydrogen) atoms. The molecule has 1 atom stereocenters. The fourth-order valence-corrected chi connectivity index (χ4v) is 2.74. The number of aromatic hydroxyl groups is 1. The maximum absolute atomic E-state index is 10.9. The van der Waals surface area contributed by atoms with Crippen molar-refractivity contribution in [1.29, 1.82) is 0 Å². The minimum atomic E-state index is -0.666. The largest absolute Gasteiger partial charge is 0.508 e. The van der Waals surface area contributed by atoms with E-state index in [9.17, 15) is 9.90 Å². The average Bonchev–Trinajstić information content (AvgIpc) is 2.39. The highest BCUT2D eigenvalue weighted by Gasteiger charge is 2.26. The Morgan fingerprint density at radius 2 is 2.11 bits per heavy atom. The predicted molar refractivity (Wildman–Crippen MR) is 73.2 cm³/mol. The second kappa shape index (κ2) is 6.06. The van der Waals surface area contributed by atoms with Gasteiger partial charge in [-0.05, 0) is 57.0 Å². The van der Waals surface area contributed by atoms with Crippen molar-refractivity contribution in [3.63, 3.8) is 0 Å². The van der Waals surface area contributed by atoms with Crippen LogP contribution in [-0.4, -0.2) is 40.2 Å². The lowest BCUT2D eigenvalue weighted by molar-refractivity contribution is -0.143. The highest BCUT2D eigenvalue weighted by atomic mass is 16.4. The first-order valence-electron chi connectivity index (χ1n) is 6.81. The second-order valence-corrected chi connectivity index (χ2v) is 5.37. The van der Waals surface area contributed by atoms with Gasteiger partial charge < -0.3 is 15.1 Å². The van der Waals surface area contributed by atoms with Crippen LogP contribution in [0.25, 0.3) is 0 Å². The van der Waals surface area contributed by atoms with Crippen molar-refractivity contribution < 1.29 is 15.0 Å². The third-order valence-corrected chi connectivity index (χ3v) is 3.94. The molecule has 0 radical (unpaired) electrons. The monoisotopic (exact) mass is 263 g/mol. The predicted octanol–water partition coefficient (Wildman–Crippen LogP) is 2.12. The lowest BCUT2D eigenvalue weighted by atomic mass is 9.95. The summed E-state index contributed by atoms with van der Waals surface area (Å²) in [5, 5.41) is 18.4. The van der Waals surface area contributed by atoms with E-state index in [0.717, 1.165) is 37.9 Å². The van der Waals surface area contributed by atoms with E-state index in [-0.39, 0.29) is 5.92 Å². The van der Waals surface area contributed by atoms with Crippen LogP contribution >= 0.6 is 0 Å². The Morgan fingerprint density at radius 3 is 2.68 bits per heavy atom. The van der Waals surface area contributed by atoms with Crippen molar-refractivity contribution in [3.05, 3.63) is 29.8 Å². The zero-order valence-electron chi connectivity index (χ0n) is 11.2. The number of carboxylic acids is 1. The molecule has 4 heteroatoms. The molecule has 1 fully saturated rings. The van der Waals surface area contributed by atoms with E-state index in [1.165, 1.54) is 0 Å². The molecule has 0 aliphatic carbocycles. The van der Waals surface area contributed by atoms with Crippen molar-refractivity contribution in [2.24, 2.45) is 5.92 Å². The Morgan fingerprint density at radius 1 is 1.42 bits per heavy atom. The Hall–Kier alpha value is -1.55. The van der Waals surface area contributed by atoms with E-state index in [1.807, 2.05) is 12.1 Å². The van der Waals surface area contributed by atoms with Crippen LogP contribution in [0.4, 0.5) is 0 Å². The van der Waals surface area contributed by atoms with Gasteiger partial charge in [0.05, 0.1) is 5.92 Å². The third kappa shape index (κ3) is 3.70. The summed E-state index contributed by atoms with van der Waals surface area (Å²) in [7, 11) is 0. The normalized spacial score (nSPS) is 19.2. The van der Waals surface area contributed by atoms with Gasteiger partial charge in [0.1, 0.15) is 5.75 Å². The summed E-state index contributed by atoms with van der Waals surface area (Å²) in [5.74, 6) is -0.543. The molecule has 1 aliphatic rings. The van der Waals surface area contributed by atoms with Crippen LogP contribution in [0.3, 0.4) is 0 Å². The Bertz CT molecular complexity index is 439. The smallest absolute Gasteiger partial charge is 0.306 e. The summed E-state index contributed by atoms with van der Waals surface area (Å²) in [5.41, 5.74) is 1.12. The zero-order chi connectivity index (χ0) is 13.8. The molecular weight excluding hydrogens is 242 g/mol. The molecule has 0 spiro atoms. The molecular formula is C15H21NO3. The quantitative estimate of drug-likeness (QED) is 0.873. The molecule has 1 aromatic carbocycles. The topological polar surface area (TPSA) is 60.8 Å². The molecule has 0 saturated carbocycles. The number of phenolic OH excluding ortho intramolecular Hbond substituents is 1. The Kier molecular flexibility index (Phi) is 4.43. The molecule has 1 heterocycles. The van der Waals surface area contributed by atoms with Crippen molar-refractivity contribution in [3.8, 4) is 5.75 Å². The highest BCUT2D eigenvalue weighted by Crippen LogP contribution is 2.21. The number of piperidine rings is 1. The number of aliphatic carboxylic acids is 1. The molecule has 1 saturated heterocycles. The second-order valence-electron chi connectivity index (χ2n) is 5.37. The number of benzene rings is 1. The molecule has 1 aromatic rings. The number of hydrogen-bond donors (Lipinski definition) is 2. The lowest BCUT2D eigenvalue weighted by Crippen LogP contribution is -2.42. The number of rotatable bonds is 4. The molecule has 104 valence electrons. The van der Waals surface area contributed by atoms with Crippen LogP contribution in [0.2, 0.25) is 0 Å². The Balaban J connectivity index is 1.88. The first-order valence-corrected chi connectivity index (χ1v) is 6.81. The highest BCUT2D eigenvalue weighted by molar-refractivity contribution is 5.70. The summed E-state index contributed by atoms with van der Waals surface area (Å²) >= 11 is 0. The van der Waals surface area contributed by atoms with Crippen LogP contribution in [0.1, 0.15) is 25.3 Å². The molecule has 2 N–H and O–H groups in total. The SMILES string of the molecule is CC(Cc1cccc(O)c1)N1CCC(C(=O)O)CC1. The van der Waals surface area contributed by atoms with Gasteiger partial charge >= 0.3 is 5.97 Å². The number of hydrogen-bond acceptors (Lipinski definition) is 3. The van der Waals surface area contributed by atoms with E-state index >= 15 is 0 Å². The summed E-state index contributed by atoms with van der Waals surface area (Å²) in [6.45, 7) is 3.85. The van der Waals surface area contributed by atoms with Crippen molar-refractivity contribution in [1.82, 2.24) is 4.90 Å². The number of likely N-dealkylation sites (tertiary alicyclic amines) is 1. The van der Waals surface area contributed by atoms with Crippen LogP contribution in [0.5, 0.6) is 5.75 Å².